The highest BCUT2D eigenvalue weighted by Crippen LogP contribution is 2.16. The third-order valence-corrected chi connectivity index (χ3v) is 4.45. The molecule has 0 saturated carbocycles. The number of anilines is 1. The lowest BCUT2D eigenvalue weighted by molar-refractivity contribution is 0.0728. The molecule has 2 N–H and O–H groups in total. The van der Waals surface area contributed by atoms with Gasteiger partial charge in [-0.3, -0.25) is 14.8 Å². The van der Waals surface area contributed by atoms with Gasteiger partial charge in [-0.2, -0.15) is 0 Å². The second-order valence-electron chi connectivity index (χ2n) is 7.06. The van der Waals surface area contributed by atoms with Crippen molar-refractivity contribution in [1.29, 1.82) is 0 Å². The second kappa shape index (κ2) is 12.3. The highest BCUT2D eigenvalue weighted by Gasteiger charge is 2.18. The van der Waals surface area contributed by atoms with E-state index in [9.17, 15) is 9.90 Å². The van der Waals surface area contributed by atoms with Gasteiger partial charge in [0.2, 0.25) is 0 Å². The van der Waals surface area contributed by atoms with Crippen molar-refractivity contribution in [2.45, 2.75) is 27.3 Å². The van der Waals surface area contributed by atoms with Crippen LogP contribution in [0.15, 0.2) is 46.5 Å². The Kier molecular flexibility index (Phi) is 9.51. The smallest absolute Gasteiger partial charge is 0.254 e. The van der Waals surface area contributed by atoms with Crippen LogP contribution >= 0.6 is 0 Å². The number of aliphatic hydroxyl groups excluding tert-OH is 1. The number of aromatic nitrogens is 2. The number of nitrogens with one attached hydrogen (secondary N) is 1. The summed E-state index contributed by atoms with van der Waals surface area (Å²) in [6.07, 6.45) is 4.86. The minimum Gasteiger partial charge on any atom is -0.395 e. The van der Waals surface area contributed by atoms with Gasteiger partial charge in [0.1, 0.15) is 11.6 Å². The van der Waals surface area contributed by atoms with Gasteiger partial charge in [-0.15, -0.1) is 0 Å². The lowest BCUT2D eigenvalue weighted by atomic mass is 10.0. The van der Waals surface area contributed by atoms with Gasteiger partial charge in [0.25, 0.3) is 5.91 Å². The van der Waals surface area contributed by atoms with Crippen LogP contribution in [0, 0.1) is 20.8 Å². The Labute approximate surface area is 183 Å². The maximum absolute atomic E-state index is 13.2. The maximum Gasteiger partial charge on any atom is 0.254 e. The van der Waals surface area contributed by atoms with Crippen LogP contribution < -0.4 is 5.32 Å². The molecule has 0 spiro atoms. The van der Waals surface area contributed by atoms with Crippen molar-refractivity contribution in [2.24, 2.45) is 9.98 Å². The molecule has 0 unspecified atom stereocenters. The van der Waals surface area contributed by atoms with Crippen LogP contribution in [0.3, 0.4) is 0 Å². The molecular weight excluding hydrogens is 392 g/mol. The molecule has 2 rings (SSSR count). The Balaban J connectivity index is 2.11. The van der Waals surface area contributed by atoms with E-state index >= 15 is 0 Å². The van der Waals surface area contributed by atoms with Gasteiger partial charge in [-0.05, 0) is 45.2 Å². The standard InChI is InChI=1S/C23H30N6O2/c1-17-6-7-21(20(14-17)16-25-9-5-8-24-4)23(31)29(12-13-30)11-10-26-22-15-18(2)27-19(3)28-22/h5-9,14-15,30H,4,10-13,16H2,1-3H3,(H,26,27,28)/b8-5-,25-9-. The van der Waals surface area contributed by atoms with Gasteiger partial charge in [-0.1, -0.05) is 17.7 Å². The molecule has 0 aliphatic heterocycles. The van der Waals surface area contributed by atoms with Crippen molar-refractivity contribution in [3.05, 3.63) is 64.8 Å². The van der Waals surface area contributed by atoms with Crippen molar-refractivity contribution in [2.75, 3.05) is 31.6 Å². The van der Waals surface area contributed by atoms with Gasteiger partial charge in [0.05, 0.1) is 13.2 Å². The third-order valence-electron chi connectivity index (χ3n) is 4.45. The number of allylic oxidation sites excluding steroid dienone is 1. The molecule has 1 aromatic heterocycles. The number of aliphatic imine (C=N–C) groups is 2. The molecule has 0 aliphatic rings. The van der Waals surface area contributed by atoms with Crippen molar-refractivity contribution >= 4 is 24.7 Å². The molecule has 0 radical (unpaired) electrons. The molecule has 31 heavy (non-hydrogen) atoms. The van der Waals surface area contributed by atoms with Crippen LogP contribution in [0.2, 0.25) is 0 Å². The van der Waals surface area contributed by atoms with E-state index in [2.05, 4.69) is 32.0 Å². The fourth-order valence-electron chi connectivity index (χ4n) is 3.11. The van der Waals surface area contributed by atoms with Crippen LogP contribution in [0.5, 0.6) is 0 Å². The van der Waals surface area contributed by atoms with Gasteiger partial charge in [0, 0.05) is 49.4 Å². The molecule has 1 aromatic carbocycles. The summed E-state index contributed by atoms with van der Waals surface area (Å²) >= 11 is 0. The topological polar surface area (TPSA) is 103 Å². The Bertz CT molecular complexity index is 935. The van der Waals surface area contributed by atoms with E-state index in [-0.39, 0.29) is 19.1 Å². The van der Waals surface area contributed by atoms with Gasteiger partial charge in [-0.25, -0.2) is 9.97 Å². The summed E-state index contributed by atoms with van der Waals surface area (Å²) in [5.41, 5.74) is 3.34. The largest absolute Gasteiger partial charge is 0.395 e. The molecule has 1 heterocycles. The quantitative estimate of drug-likeness (QED) is 0.542. The molecule has 0 fully saturated rings. The summed E-state index contributed by atoms with van der Waals surface area (Å²) in [5, 5.41) is 12.7. The molecule has 0 aliphatic carbocycles. The Morgan fingerprint density at radius 3 is 2.74 bits per heavy atom. The van der Waals surface area contributed by atoms with E-state index in [1.807, 2.05) is 45.0 Å². The summed E-state index contributed by atoms with van der Waals surface area (Å²) in [5.74, 6) is 1.27. The van der Waals surface area contributed by atoms with Gasteiger partial charge in [0.15, 0.2) is 0 Å². The summed E-state index contributed by atoms with van der Waals surface area (Å²) in [6, 6.07) is 7.54. The lowest BCUT2D eigenvalue weighted by Crippen LogP contribution is -2.37. The van der Waals surface area contributed by atoms with Crippen molar-refractivity contribution < 1.29 is 9.90 Å². The minimum atomic E-state index is -0.139. The maximum atomic E-state index is 13.2. The average Bonchev–Trinajstić information content (AvgIpc) is 2.72. The second-order valence-corrected chi connectivity index (χ2v) is 7.06. The van der Waals surface area contributed by atoms with Crippen molar-refractivity contribution in [3.8, 4) is 0 Å². The predicted molar refractivity (Wildman–Crippen MR) is 125 cm³/mol. The van der Waals surface area contributed by atoms with E-state index in [1.165, 1.54) is 0 Å². The molecular formula is C23H30N6O2. The predicted octanol–water partition coefficient (Wildman–Crippen LogP) is 2.73. The number of aryl methyl sites for hydroxylation is 3. The number of carbonyl (C=O) groups is 1. The van der Waals surface area contributed by atoms with E-state index in [0.29, 0.717) is 36.8 Å². The Morgan fingerprint density at radius 2 is 2.03 bits per heavy atom. The number of hydrogen-bond donors (Lipinski definition) is 2. The van der Waals surface area contributed by atoms with Crippen molar-refractivity contribution in [3.63, 3.8) is 0 Å². The number of aliphatic hydroxyl groups is 1. The van der Waals surface area contributed by atoms with E-state index in [4.69, 9.17) is 0 Å². The molecule has 0 saturated heterocycles. The first-order valence-corrected chi connectivity index (χ1v) is 10.1. The average molecular weight is 423 g/mol. The first-order chi connectivity index (χ1) is 14.9. The van der Waals surface area contributed by atoms with Crippen molar-refractivity contribution in [1.82, 2.24) is 14.9 Å². The van der Waals surface area contributed by atoms with Crippen LogP contribution in [-0.4, -0.2) is 65.1 Å². The van der Waals surface area contributed by atoms with Gasteiger partial charge >= 0.3 is 0 Å². The molecule has 0 bridgehead atoms. The zero-order valence-corrected chi connectivity index (χ0v) is 18.4. The highest BCUT2D eigenvalue weighted by molar-refractivity contribution is 5.96. The molecule has 8 nitrogen and oxygen atoms in total. The van der Waals surface area contributed by atoms with Crippen LogP contribution in [-0.2, 0) is 6.54 Å². The number of amides is 1. The van der Waals surface area contributed by atoms with Crippen LogP contribution in [0.4, 0.5) is 5.82 Å². The first kappa shape index (κ1) is 23.9. The summed E-state index contributed by atoms with van der Waals surface area (Å²) in [6.45, 7) is 10.5. The van der Waals surface area contributed by atoms with E-state index < -0.39 is 0 Å². The summed E-state index contributed by atoms with van der Waals surface area (Å²) in [4.78, 5) is 31.4. The number of rotatable bonds is 11. The summed E-state index contributed by atoms with van der Waals surface area (Å²) in [7, 11) is 0. The molecule has 2 aromatic rings. The van der Waals surface area contributed by atoms with Crippen LogP contribution in [0.1, 0.15) is 33.0 Å². The van der Waals surface area contributed by atoms with E-state index in [0.717, 1.165) is 16.8 Å². The normalized spacial score (nSPS) is 11.2. The summed E-state index contributed by atoms with van der Waals surface area (Å²) < 4.78 is 0. The zero-order chi connectivity index (χ0) is 22.6. The Morgan fingerprint density at radius 1 is 1.23 bits per heavy atom. The third kappa shape index (κ3) is 7.75. The Hall–Kier alpha value is -3.39. The lowest BCUT2D eigenvalue weighted by Gasteiger charge is -2.23. The minimum absolute atomic E-state index is 0.115. The molecule has 164 valence electrons. The fourth-order valence-corrected chi connectivity index (χ4v) is 3.11. The molecule has 8 heteroatoms. The van der Waals surface area contributed by atoms with Gasteiger partial charge < -0.3 is 15.3 Å². The zero-order valence-electron chi connectivity index (χ0n) is 18.4. The molecule has 1 amide bonds. The SMILES string of the molecule is C=N/C=C\C=N/Cc1cc(C)ccc1C(=O)N(CCO)CCNc1cc(C)nc(C)n1. The monoisotopic (exact) mass is 422 g/mol. The number of nitrogens with zero attached hydrogens (tertiary/aromatic N) is 5. The van der Waals surface area contributed by atoms with Crippen LogP contribution in [0.25, 0.3) is 0 Å². The number of carbonyl (C=O) groups excluding carboxylic acids is 1. The fraction of sp³-hybridized carbons (Fsp3) is 0.348. The number of hydrogen-bond acceptors (Lipinski definition) is 7. The molecule has 0 atom stereocenters. The highest BCUT2D eigenvalue weighted by atomic mass is 16.3. The number of benzene rings is 1. The van der Waals surface area contributed by atoms with E-state index in [1.54, 1.807) is 23.4 Å². The first-order valence-electron chi connectivity index (χ1n) is 10.1.